The average Bonchev–Trinajstić information content (AvgIpc) is 2.08. The van der Waals surface area contributed by atoms with Gasteiger partial charge in [-0.05, 0) is 34.2 Å². The maximum atomic E-state index is 10.6. The number of benzene rings is 1. The van der Waals surface area contributed by atoms with Crippen molar-refractivity contribution < 1.29 is 9.90 Å². The topological polar surface area (TPSA) is 86.1 Å². The van der Waals surface area contributed by atoms with Crippen LogP contribution in [-0.2, 0) is 0 Å². The van der Waals surface area contributed by atoms with Crippen LogP contribution in [0.1, 0.15) is 10.4 Å². The van der Waals surface area contributed by atoms with Gasteiger partial charge in [-0.25, -0.2) is 4.79 Å². The van der Waals surface area contributed by atoms with Gasteiger partial charge in [0.05, 0.1) is 11.3 Å². The third kappa shape index (κ3) is 2.10. The van der Waals surface area contributed by atoms with Crippen molar-refractivity contribution in [3.8, 4) is 0 Å². The Morgan fingerprint density at radius 3 is 2.85 bits per heavy atom. The Balaban J connectivity index is 3.34. The molecule has 0 spiro atoms. The van der Waals surface area contributed by atoms with Crippen molar-refractivity contribution in [1.82, 2.24) is 0 Å². The molecule has 66 valence electrons. The lowest BCUT2D eigenvalue weighted by atomic mass is 10.2. The summed E-state index contributed by atoms with van der Waals surface area (Å²) in [6.07, 6.45) is 0. The van der Waals surface area contributed by atoms with Gasteiger partial charge in [-0.15, -0.1) is 0 Å². The Morgan fingerprint density at radius 2 is 2.31 bits per heavy atom. The lowest BCUT2D eigenvalue weighted by Gasteiger charge is -2.00. The van der Waals surface area contributed by atoms with E-state index in [4.69, 9.17) is 10.6 Å². The fourth-order valence-corrected chi connectivity index (χ4v) is 1.51. The van der Waals surface area contributed by atoms with E-state index in [1.807, 2.05) is 22.6 Å². The second-order valence-electron chi connectivity index (χ2n) is 2.13. The van der Waals surface area contributed by atoms with Crippen LogP contribution in [0, 0.1) is 3.57 Å². The molecule has 5 nitrogen and oxygen atoms in total. The molecule has 1 aromatic carbocycles. The lowest BCUT2D eigenvalue weighted by Crippen LogP contribution is -1.98. The number of hydrogen-bond donors (Lipinski definition) is 1. The lowest BCUT2D eigenvalue weighted by molar-refractivity contribution is 0.0696. The van der Waals surface area contributed by atoms with Crippen molar-refractivity contribution in [3.63, 3.8) is 0 Å². The predicted molar refractivity (Wildman–Crippen MR) is 54.9 cm³/mol. The Hall–Kier alpha value is -1.27. The Morgan fingerprint density at radius 1 is 1.62 bits per heavy atom. The molecule has 0 bridgehead atoms. The first-order chi connectivity index (χ1) is 6.16. The minimum atomic E-state index is -1.03. The third-order valence-electron chi connectivity index (χ3n) is 1.36. The van der Waals surface area contributed by atoms with E-state index in [1.54, 1.807) is 6.07 Å². The SMILES string of the molecule is [N-]=[N+]=Nc1cccc(C(=O)O)c1I. The summed E-state index contributed by atoms with van der Waals surface area (Å²) in [5.41, 5.74) is 8.66. The van der Waals surface area contributed by atoms with E-state index in [-0.39, 0.29) is 5.56 Å². The summed E-state index contributed by atoms with van der Waals surface area (Å²) in [5.74, 6) is -1.03. The van der Waals surface area contributed by atoms with E-state index in [9.17, 15) is 4.79 Å². The van der Waals surface area contributed by atoms with Crippen molar-refractivity contribution in [2.75, 3.05) is 0 Å². The Bertz CT molecular complexity index is 378. The van der Waals surface area contributed by atoms with E-state index >= 15 is 0 Å². The number of carboxylic acid groups (broad SMARTS) is 1. The van der Waals surface area contributed by atoms with E-state index in [0.717, 1.165) is 0 Å². The zero-order valence-corrected chi connectivity index (χ0v) is 8.46. The van der Waals surface area contributed by atoms with E-state index in [1.165, 1.54) is 12.1 Å². The molecular weight excluding hydrogens is 285 g/mol. The molecule has 0 unspecified atom stereocenters. The van der Waals surface area contributed by atoms with Crippen molar-refractivity contribution in [1.29, 1.82) is 0 Å². The van der Waals surface area contributed by atoms with Gasteiger partial charge in [0.1, 0.15) is 0 Å². The first-order valence-corrected chi connectivity index (χ1v) is 4.31. The third-order valence-corrected chi connectivity index (χ3v) is 2.49. The van der Waals surface area contributed by atoms with Crippen LogP contribution in [0.3, 0.4) is 0 Å². The molecule has 0 saturated heterocycles. The molecular formula is C7H4IN3O2. The van der Waals surface area contributed by atoms with Gasteiger partial charge < -0.3 is 5.11 Å². The molecule has 0 amide bonds. The molecule has 13 heavy (non-hydrogen) atoms. The summed E-state index contributed by atoms with van der Waals surface area (Å²) in [6, 6.07) is 4.56. The molecule has 0 saturated carbocycles. The first kappa shape index (κ1) is 9.82. The van der Waals surface area contributed by atoms with Gasteiger partial charge >= 0.3 is 5.97 Å². The molecule has 6 heteroatoms. The zero-order chi connectivity index (χ0) is 9.84. The highest BCUT2D eigenvalue weighted by atomic mass is 127. The maximum Gasteiger partial charge on any atom is 0.336 e. The van der Waals surface area contributed by atoms with Gasteiger partial charge in [0.15, 0.2) is 0 Å². The largest absolute Gasteiger partial charge is 0.478 e. The number of halogens is 1. The standard InChI is InChI=1S/C7H4IN3O2/c8-6-4(7(12)13)2-1-3-5(6)10-11-9/h1-3H,(H,12,13). The maximum absolute atomic E-state index is 10.6. The molecule has 1 aromatic rings. The Kier molecular flexibility index (Phi) is 3.10. The smallest absolute Gasteiger partial charge is 0.336 e. The molecule has 0 heterocycles. The summed E-state index contributed by atoms with van der Waals surface area (Å²) in [7, 11) is 0. The highest BCUT2D eigenvalue weighted by molar-refractivity contribution is 14.1. The number of rotatable bonds is 2. The highest BCUT2D eigenvalue weighted by Crippen LogP contribution is 2.24. The monoisotopic (exact) mass is 289 g/mol. The van der Waals surface area contributed by atoms with Crippen LogP contribution in [0.25, 0.3) is 10.4 Å². The van der Waals surface area contributed by atoms with Gasteiger partial charge in [-0.1, -0.05) is 17.2 Å². The summed E-state index contributed by atoms with van der Waals surface area (Å²) < 4.78 is 0.449. The van der Waals surface area contributed by atoms with Gasteiger partial charge in [-0.3, -0.25) is 0 Å². The van der Waals surface area contributed by atoms with Gasteiger partial charge in [0.2, 0.25) is 0 Å². The summed E-state index contributed by atoms with van der Waals surface area (Å²) in [6.45, 7) is 0. The van der Waals surface area contributed by atoms with Gasteiger partial charge in [-0.2, -0.15) is 0 Å². The van der Waals surface area contributed by atoms with Crippen molar-refractivity contribution in [2.45, 2.75) is 0 Å². The highest BCUT2D eigenvalue weighted by Gasteiger charge is 2.09. The fraction of sp³-hybridized carbons (Fsp3) is 0. The summed E-state index contributed by atoms with van der Waals surface area (Å²) >= 11 is 1.83. The molecule has 0 aliphatic heterocycles. The zero-order valence-electron chi connectivity index (χ0n) is 6.31. The van der Waals surface area contributed by atoms with Crippen molar-refractivity contribution in [3.05, 3.63) is 37.8 Å². The van der Waals surface area contributed by atoms with E-state index in [2.05, 4.69) is 10.0 Å². The van der Waals surface area contributed by atoms with E-state index in [0.29, 0.717) is 9.26 Å². The summed E-state index contributed by atoms with van der Waals surface area (Å²) in [5, 5.41) is 12.1. The number of nitrogens with zero attached hydrogens (tertiary/aromatic N) is 3. The minimum absolute atomic E-state index is 0.144. The second-order valence-corrected chi connectivity index (χ2v) is 3.21. The summed E-state index contributed by atoms with van der Waals surface area (Å²) in [4.78, 5) is 13.2. The first-order valence-electron chi connectivity index (χ1n) is 3.23. The molecule has 1 rings (SSSR count). The molecule has 0 radical (unpaired) electrons. The minimum Gasteiger partial charge on any atom is -0.478 e. The van der Waals surface area contributed by atoms with Crippen LogP contribution < -0.4 is 0 Å². The van der Waals surface area contributed by atoms with Crippen LogP contribution in [0.5, 0.6) is 0 Å². The van der Waals surface area contributed by atoms with Crippen molar-refractivity contribution in [2.24, 2.45) is 5.11 Å². The fourth-order valence-electron chi connectivity index (χ4n) is 0.810. The average molecular weight is 289 g/mol. The molecule has 0 atom stereocenters. The van der Waals surface area contributed by atoms with Crippen LogP contribution in [0.4, 0.5) is 5.69 Å². The van der Waals surface area contributed by atoms with Gasteiger partial charge in [0.25, 0.3) is 0 Å². The molecule has 0 aliphatic rings. The normalized spacial score (nSPS) is 9.00. The van der Waals surface area contributed by atoms with Crippen LogP contribution in [0.2, 0.25) is 0 Å². The number of carbonyl (C=O) groups is 1. The van der Waals surface area contributed by atoms with Gasteiger partial charge in [0, 0.05) is 8.48 Å². The van der Waals surface area contributed by atoms with Crippen LogP contribution >= 0.6 is 22.6 Å². The van der Waals surface area contributed by atoms with Crippen molar-refractivity contribution >= 4 is 34.2 Å². The number of carboxylic acids is 1. The second kappa shape index (κ2) is 4.11. The van der Waals surface area contributed by atoms with Crippen LogP contribution in [0.15, 0.2) is 23.3 Å². The number of azide groups is 1. The number of hydrogen-bond acceptors (Lipinski definition) is 2. The molecule has 0 fully saturated rings. The molecule has 0 aliphatic carbocycles. The van der Waals surface area contributed by atoms with Crippen LogP contribution in [-0.4, -0.2) is 11.1 Å². The Labute approximate surface area is 87.1 Å². The molecule has 0 aromatic heterocycles. The van der Waals surface area contributed by atoms with E-state index < -0.39 is 5.97 Å². The predicted octanol–water partition coefficient (Wildman–Crippen LogP) is 2.93. The number of aromatic carboxylic acids is 1. The quantitative estimate of drug-likeness (QED) is 0.393. The molecule has 1 N–H and O–H groups in total.